The molecular formula is C48H28O2. The van der Waals surface area contributed by atoms with Crippen molar-refractivity contribution in [1.82, 2.24) is 0 Å². The number of hydrogen-bond donors (Lipinski definition) is 0. The zero-order chi connectivity index (χ0) is 32.8. The van der Waals surface area contributed by atoms with Gasteiger partial charge in [-0.3, -0.25) is 0 Å². The minimum Gasteiger partial charge on any atom is -0.456 e. The minimum atomic E-state index is 0.889. The summed E-state index contributed by atoms with van der Waals surface area (Å²) in [5.41, 5.74) is 10.7. The molecule has 0 radical (unpaired) electrons. The fourth-order valence-corrected chi connectivity index (χ4v) is 8.10. The Balaban J connectivity index is 1.01. The van der Waals surface area contributed by atoms with Crippen molar-refractivity contribution in [3.8, 4) is 33.4 Å². The van der Waals surface area contributed by atoms with E-state index >= 15 is 0 Å². The topological polar surface area (TPSA) is 26.3 Å². The van der Waals surface area contributed by atoms with Crippen molar-refractivity contribution in [3.05, 3.63) is 170 Å². The normalized spacial score (nSPS) is 12.0. The molecule has 0 N–H and O–H groups in total. The summed E-state index contributed by atoms with van der Waals surface area (Å²) in [6.45, 7) is 0. The van der Waals surface area contributed by atoms with E-state index < -0.39 is 0 Å². The van der Waals surface area contributed by atoms with Crippen molar-refractivity contribution < 1.29 is 8.83 Å². The van der Waals surface area contributed by atoms with Gasteiger partial charge in [0.05, 0.1) is 0 Å². The molecule has 2 nitrogen and oxygen atoms in total. The van der Waals surface area contributed by atoms with Crippen LogP contribution in [0.1, 0.15) is 0 Å². The van der Waals surface area contributed by atoms with E-state index in [2.05, 4.69) is 170 Å². The van der Waals surface area contributed by atoms with Gasteiger partial charge >= 0.3 is 0 Å². The molecule has 0 amide bonds. The molecule has 0 aliphatic carbocycles. The van der Waals surface area contributed by atoms with Gasteiger partial charge in [0.1, 0.15) is 22.3 Å². The van der Waals surface area contributed by atoms with Gasteiger partial charge in [0.25, 0.3) is 0 Å². The van der Waals surface area contributed by atoms with Crippen molar-refractivity contribution in [3.63, 3.8) is 0 Å². The van der Waals surface area contributed by atoms with Crippen LogP contribution in [0.3, 0.4) is 0 Å². The maximum absolute atomic E-state index is 6.52. The highest BCUT2D eigenvalue weighted by Gasteiger charge is 2.17. The second-order valence-electron chi connectivity index (χ2n) is 13.2. The van der Waals surface area contributed by atoms with Crippen LogP contribution in [0.15, 0.2) is 179 Å². The Morgan fingerprint density at radius 3 is 1.30 bits per heavy atom. The van der Waals surface area contributed by atoms with E-state index in [-0.39, 0.29) is 0 Å². The summed E-state index contributed by atoms with van der Waals surface area (Å²) in [7, 11) is 0. The van der Waals surface area contributed by atoms with Crippen molar-refractivity contribution >= 4 is 76.2 Å². The van der Waals surface area contributed by atoms with E-state index in [1.807, 2.05) is 0 Å². The van der Waals surface area contributed by atoms with Gasteiger partial charge in [0.15, 0.2) is 0 Å². The zero-order valence-electron chi connectivity index (χ0n) is 27.0. The first-order chi connectivity index (χ1) is 24.8. The second-order valence-corrected chi connectivity index (χ2v) is 13.2. The van der Waals surface area contributed by atoms with Crippen molar-refractivity contribution in [2.45, 2.75) is 0 Å². The van der Waals surface area contributed by atoms with Crippen LogP contribution >= 0.6 is 0 Å². The van der Waals surface area contributed by atoms with Crippen molar-refractivity contribution in [1.29, 1.82) is 0 Å². The predicted octanol–water partition coefficient (Wildman–Crippen LogP) is 13.9. The molecule has 0 aliphatic rings. The lowest BCUT2D eigenvalue weighted by molar-refractivity contribution is 0.668. The highest BCUT2D eigenvalue weighted by atomic mass is 16.3. The van der Waals surface area contributed by atoms with E-state index in [1.165, 1.54) is 49.0 Å². The lowest BCUT2D eigenvalue weighted by Gasteiger charge is -2.08. The summed E-state index contributed by atoms with van der Waals surface area (Å²) >= 11 is 0. The maximum Gasteiger partial charge on any atom is 0.136 e. The van der Waals surface area contributed by atoms with Gasteiger partial charge in [0, 0.05) is 21.5 Å². The van der Waals surface area contributed by atoms with Crippen LogP contribution in [0.25, 0.3) is 110 Å². The van der Waals surface area contributed by atoms with Gasteiger partial charge in [-0.1, -0.05) is 121 Å². The fraction of sp³-hybridized carbons (Fsp3) is 0. The first kappa shape index (κ1) is 27.3. The average Bonchev–Trinajstić information content (AvgIpc) is 3.75. The monoisotopic (exact) mass is 636 g/mol. The second kappa shape index (κ2) is 10.4. The van der Waals surface area contributed by atoms with Crippen LogP contribution in [-0.4, -0.2) is 0 Å². The van der Waals surface area contributed by atoms with E-state index in [1.54, 1.807) is 0 Å². The predicted molar refractivity (Wildman–Crippen MR) is 210 cm³/mol. The third-order valence-corrected chi connectivity index (χ3v) is 10.5. The molecule has 0 bridgehead atoms. The highest BCUT2D eigenvalue weighted by molar-refractivity contribution is 6.27. The third kappa shape index (κ3) is 4.03. The lowest BCUT2D eigenvalue weighted by Crippen LogP contribution is -1.83. The van der Waals surface area contributed by atoms with Gasteiger partial charge < -0.3 is 8.83 Å². The Labute approximate surface area is 287 Å². The molecule has 2 heterocycles. The molecule has 232 valence electrons. The number of hydrogen-bond acceptors (Lipinski definition) is 2. The molecule has 0 aliphatic heterocycles. The molecule has 11 rings (SSSR count). The third-order valence-electron chi connectivity index (χ3n) is 10.5. The molecule has 0 fully saturated rings. The van der Waals surface area contributed by atoms with E-state index in [0.717, 1.165) is 60.6 Å². The number of furan rings is 2. The Morgan fingerprint density at radius 1 is 0.260 bits per heavy atom. The Morgan fingerprint density at radius 2 is 0.700 bits per heavy atom. The molecule has 0 saturated carbocycles. The maximum atomic E-state index is 6.52. The summed E-state index contributed by atoms with van der Waals surface area (Å²) < 4.78 is 13.0. The molecule has 2 aromatic heterocycles. The fourth-order valence-electron chi connectivity index (χ4n) is 8.10. The Bertz CT molecular complexity index is 3130. The standard InChI is InChI=1S/C48H28O2/c1-3-11-35-30(7-1)9-5-13-37(35)32-17-15-29(16-18-32)33-19-21-41-45(27-33)49-43-25-23-40-39(47(41)43)24-26-44-48(40)42-22-20-34(28-46(42)50-44)38-14-6-10-31-8-2-4-12-36(31)38/h1-28H. The number of fused-ring (bicyclic) bond motifs is 11. The average molecular weight is 637 g/mol. The summed E-state index contributed by atoms with van der Waals surface area (Å²) in [5, 5.41) is 11.9. The molecule has 0 atom stereocenters. The molecule has 11 aromatic rings. The SMILES string of the molecule is c1ccc2c(-c3ccc(-c4ccc5c(c4)oc4ccc6c(ccc7oc8cc(-c9cccc%10ccccc9%10)ccc8c76)c45)cc3)cccc2c1. The van der Waals surface area contributed by atoms with Crippen LogP contribution in [-0.2, 0) is 0 Å². The summed E-state index contributed by atoms with van der Waals surface area (Å²) in [4.78, 5) is 0. The van der Waals surface area contributed by atoms with E-state index in [0.29, 0.717) is 0 Å². The van der Waals surface area contributed by atoms with Gasteiger partial charge in [-0.2, -0.15) is 0 Å². The number of benzene rings is 9. The van der Waals surface area contributed by atoms with Gasteiger partial charge in [-0.05, 0) is 114 Å². The molecule has 0 spiro atoms. The summed E-state index contributed by atoms with van der Waals surface area (Å²) in [6.07, 6.45) is 0. The molecule has 50 heavy (non-hydrogen) atoms. The first-order valence-corrected chi connectivity index (χ1v) is 17.1. The Kier molecular flexibility index (Phi) is 5.70. The van der Waals surface area contributed by atoms with Gasteiger partial charge in [0.2, 0.25) is 0 Å². The van der Waals surface area contributed by atoms with E-state index in [4.69, 9.17) is 8.83 Å². The quantitative estimate of drug-likeness (QED) is 0.193. The first-order valence-electron chi connectivity index (χ1n) is 17.1. The van der Waals surface area contributed by atoms with Crippen LogP contribution < -0.4 is 0 Å². The van der Waals surface area contributed by atoms with Crippen LogP contribution in [0.4, 0.5) is 0 Å². The van der Waals surface area contributed by atoms with Crippen molar-refractivity contribution in [2.75, 3.05) is 0 Å². The van der Waals surface area contributed by atoms with Crippen LogP contribution in [0.5, 0.6) is 0 Å². The lowest BCUT2D eigenvalue weighted by atomic mass is 9.95. The summed E-state index contributed by atoms with van der Waals surface area (Å²) in [6, 6.07) is 60.8. The molecule has 9 aromatic carbocycles. The molecule has 0 unspecified atom stereocenters. The van der Waals surface area contributed by atoms with Crippen LogP contribution in [0.2, 0.25) is 0 Å². The van der Waals surface area contributed by atoms with Crippen LogP contribution in [0, 0.1) is 0 Å². The molecule has 0 saturated heterocycles. The zero-order valence-corrected chi connectivity index (χ0v) is 27.0. The van der Waals surface area contributed by atoms with Gasteiger partial charge in [-0.15, -0.1) is 0 Å². The van der Waals surface area contributed by atoms with Crippen molar-refractivity contribution in [2.24, 2.45) is 0 Å². The number of rotatable bonds is 3. The minimum absolute atomic E-state index is 0.889. The Hall–Kier alpha value is -6.64. The van der Waals surface area contributed by atoms with E-state index in [9.17, 15) is 0 Å². The smallest absolute Gasteiger partial charge is 0.136 e. The molecule has 2 heteroatoms. The largest absolute Gasteiger partial charge is 0.456 e. The highest BCUT2D eigenvalue weighted by Crippen LogP contribution is 2.42. The van der Waals surface area contributed by atoms with Gasteiger partial charge in [-0.25, -0.2) is 0 Å². The summed E-state index contributed by atoms with van der Waals surface area (Å²) in [5.74, 6) is 0. The molecular weight excluding hydrogens is 609 g/mol.